The molecule has 0 aliphatic heterocycles. The number of benzene rings is 2. The number of rotatable bonds is 3. The number of hydrogen-bond donors (Lipinski definition) is 1. The van der Waals surface area contributed by atoms with E-state index in [1.807, 2.05) is 26.0 Å². The van der Waals surface area contributed by atoms with Crippen LogP contribution in [0.3, 0.4) is 0 Å². The van der Waals surface area contributed by atoms with E-state index in [1.165, 1.54) is 35.1 Å². The predicted molar refractivity (Wildman–Crippen MR) is 139 cm³/mol. The van der Waals surface area contributed by atoms with Gasteiger partial charge in [-0.2, -0.15) is 0 Å². The largest absolute Gasteiger partial charge is 0.512 e. The smallest absolute Gasteiger partial charge is 0.143 e. The summed E-state index contributed by atoms with van der Waals surface area (Å²) in [4.78, 5) is 12.5. The number of allylic oxidation sites excluding steroid dienone is 2. The van der Waals surface area contributed by atoms with Crippen LogP contribution in [0.2, 0.25) is 0 Å². The fraction of sp³-hybridized carbons (Fsp3) is 0.452. The molecule has 4 rings (SSSR count). The molecule has 0 saturated carbocycles. The Hall–Kier alpha value is -2.61. The number of Topliss-reactive ketones (excluding diaryl/α,β-unsaturated/α-hetero) is 1. The Bertz CT molecular complexity index is 1170. The van der Waals surface area contributed by atoms with Crippen molar-refractivity contribution in [2.45, 2.75) is 85.0 Å². The second-order valence-corrected chi connectivity index (χ2v) is 12.1. The zero-order valence-electron chi connectivity index (χ0n) is 21.4. The van der Waals surface area contributed by atoms with E-state index in [9.17, 15) is 9.90 Å². The zero-order valence-corrected chi connectivity index (χ0v) is 21.4. The highest BCUT2D eigenvalue weighted by Crippen LogP contribution is 2.47. The highest BCUT2D eigenvalue weighted by atomic mass is 16.3. The van der Waals surface area contributed by atoms with E-state index >= 15 is 0 Å². The number of carbonyl (C=O) groups excluding carboxylic acids is 1. The molecule has 0 atom stereocenters. The molecule has 0 spiro atoms. The summed E-state index contributed by atoms with van der Waals surface area (Å²) in [6.07, 6.45) is 3.07. The molecule has 2 nitrogen and oxygen atoms in total. The number of aliphatic hydroxyl groups is 1. The van der Waals surface area contributed by atoms with E-state index in [4.69, 9.17) is 0 Å². The van der Waals surface area contributed by atoms with Gasteiger partial charge in [-0.05, 0) is 69.5 Å². The van der Waals surface area contributed by atoms with Crippen LogP contribution >= 0.6 is 0 Å². The average Bonchev–Trinajstić information content (AvgIpc) is 2.73. The first kappa shape index (κ1) is 23.5. The highest BCUT2D eigenvalue weighted by Gasteiger charge is 2.38. The summed E-state index contributed by atoms with van der Waals surface area (Å²) in [5.41, 5.74) is 8.97. The third-order valence-electron chi connectivity index (χ3n) is 8.15. The van der Waals surface area contributed by atoms with Gasteiger partial charge in [-0.3, -0.25) is 4.79 Å². The minimum absolute atomic E-state index is 0.155. The Morgan fingerprint density at radius 3 is 2.00 bits per heavy atom. The molecule has 0 fully saturated rings. The lowest BCUT2D eigenvalue weighted by molar-refractivity contribution is -0.126. The lowest BCUT2D eigenvalue weighted by Gasteiger charge is -2.42. The van der Waals surface area contributed by atoms with Gasteiger partial charge in [0.2, 0.25) is 0 Å². The molecule has 0 aromatic heterocycles. The number of ketones is 1. The number of fused-ring (bicyclic) bond motifs is 1. The monoisotopic (exact) mass is 442 g/mol. The topological polar surface area (TPSA) is 37.3 Å². The first-order valence-electron chi connectivity index (χ1n) is 12.1. The van der Waals surface area contributed by atoms with Crippen molar-refractivity contribution in [1.82, 2.24) is 0 Å². The van der Waals surface area contributed by atoms with Crippen molar-refractivity contribution in [2.75, 3.05) is 0 Å². The van der Waals surface area contributed by atoms with E-state index in [1.54, 1.807) is 0 Å². The maximum atomic E-state index is 12.5. The molecule has 0 radical (unpaired) electrons. The molecule has 174 valence electrons. The second-order valence-electron chi connectivity index (χ2n) is 12.1. The van der Waals surface area contributed by atoms with Gasteiger partial charge in [0.1, 0.15) is 5.78 Å². The van der Waals surface area contributed by atoms with Crippen LogP contribution in [-0.2, 0) is 15.6 Å². The molecular formula is C31H38O2. The molecule has 1 N–H and O–H groups in total. The van der Waals surface area contributed by atoms with Crippen molar-refractivity contribution in [3.05, 3.63) is 82.1 Å². The molecular weight excluding hydrogens is 404 g/mol. The number of aliphatic hydroxyl groups excluding tert-OH is 1. The summed E-state index contributed by atoms with van der Waals surface area (Å²) >= 11 is 0. The SMILES string of the molecule is C=C(c1ccc(C2=C(O)CC(C)(C)C(=O)C2)cc1)c1cc2c(cc1C)C(C)(C)CCC2(C)C. The fourth-order valence-electron chi connectivity index (χ4n) is 5.47. The summed E-state index contributed by atoms with van der Waals surface area (Å²) in [5.74, 6) is 0.514. The number of hydrogen-bond acceptors (Lipinski definition) is 2. The van der Waals surface area contributed by atoms with Crippen LogP contribution in [0.5, 0.6) is 0 Å². The van der Waals surface area contributed by atoms with Gasteiger partial charge in [-0.1, -0.05) is 84.5 Å². The molecule has 2 aromatic rings. The van der Waals surface area contributed by atoms with Gasteiger partial charge in [-0.25, -0.2) is 0 Å². The molecule has 2 heteroatoms. The maximum Gasteiger partial charge on any atom is 0.143 e. The van der Waals surface area contributed by atoms with Crippen molar-refractivity contribution in [3.63, 3.8) is 0 Å². The van der Waals surface area contributed by atoms with Gasteiger partial charge in [0.05, 0.1) is 5.76 Å². The van der Waals surface area contributed by atoms with Crippen LogP contribution in [0.1, 0.15) is 101 Å². The van der Waals surface area contributed by atoms with Crippen molar-refractivity contribution in [3.8, 4) is 0 Å². The molecule has 0 heterocycles. The minimum atomic E-state index is -0.492. The Kier molecular flexibility index (Phi) is 5.51. The Morgan fingerprint density at radius 1 is 0.879 bits per heavy atom. The minimum Gasteiger partial charge on any atom is -0.512 e. The van der Waals surface area contributed by atoms with Crippen LogP contribution in [0.25, 0.3) is 11.1 Å². The molecule has 2 aliphatic carbocycles. The maximum absolute atomic E-state index is 12.5. The lowest BCUT2D eigenvalue weighted by Crippen LogP contribution is -2.34. The molecule has 0 bridgehead atoms. The van der Waals surface area contributed by atoms with E-state index in [0.717, 1.165) is 22.3 Å². The predicted octanol–water partition coefficient (Wildman–Crippen LogP) is 8.06. The van der Waals surface area contributed by atoms with Crippen molar-refractivity contribution >= 4 is 16.9 Å². The fourth-order valence-corrected chi connectivity index (χ4v) is 5.47. The quantitative estimate of drug-likeness (QED) is 0.522. The normalized spacial score (nSPS) is 21.0. The summed E-state index contributed by atoms with van der Waals surface area (Å²) in [6, 6.07) is 12.9. The van der Waals surface area contributed by atoms with Crippen molar-refractivity contribution in [1.29, 1.82) is 0 Å². The van der Waals surface area contributed by atoms with Crippen LogP contribution < -0.4 is 0 Å². The average molecular weight is 443 g/mol. The van der Waals surface area contributed by atoms with Gasteiger partial charge >= 0.3 is 0 Å². The van der Waals surface area contributed by atoms with E-state index < -0.39 is 5.41 Å². The first-order chi connectivity index (χ1) is 15.2. The van der Waals surface area contributed by atoms with Crippen LogP contribution in [0.4, 0.5) is 0 Å². The van der Waals surface area contributed by atoms with E-state index in [2.05, 4.69) is 65.5 Å². The number of aryl methyl sites for hydroxylation is 1. The summed E-state index contributed by atoms with van der Waals surface area (Å²) in [7, 11) is 0. The summed E-state index contributed by atoms with van der Waals surface area (Å²) in [6.45, 7) is 19.9. The molecule has 33 heavy (non-hydrogen) atoms. The summed E-state index contributed by atoms with van der Waals surface area (Å²) in [5, 5.41) is 10.6. The van der Waals surface area contributed by atoms with Crippen LogP contribution in [-0.4, -0.2) is 10.9 Å². The van der Waals surface area contributed by atoms with Gasteiger partial charge in [0.15, 0.2) is 0 Å². The standard InChI is InChI=1S/C31H38O2/c1-19-15-25-26(30(5,6)14-13-29(25,3)4)16-23(19)20(2)21-9-11-22(12-10-21)24-17-28(33)31(7,8)18-27(24)32/h9-12,15-16,32H,2,13-14,17-18H2,1,3-8H3. The van der Waals surface area contributed by atoms with Gasteiger partial charge in [0, 0.05) is 23.8 Å². The Labute approximate surface area is 199 Å². The molecule has 0 saturated heterocycles. The molecule has 0 unspecified atom stereocenters. The van der Waals surface area contributed by atoms with E-state index in [-0.39, 0.29) is 23.0 Å². The molecule has 0 amide bonds. The Balaban J connectivity index is 1.68. The van der Waals surface area contributed by atoms with E-state index in [0.29, 0.717) is 12.2 Å². The van der Waals surface area contributed by atoms with Crippen molar-refractivity contribution in [2.24, 2.45) is 5.41 Å². The molecule has 2 aliphatic rings. The van der Waals surface area contributed by atoms with Crippen molar-refractivity contribution < 1.29 is 9.90 Å². The summed E-state index contributed by atoms with van der Waals surface area (Å²) < 4.78 is 0. The highest BCUT2D eigenvalue weighted by molar-refractivity contribution is 5.96. The first-order valence-corrected chi connectivity index (χ1v) is 12.1. The zero-order chi connectivity index (χ0) is 24.3. The second kappa shape index (κ2) is 7.72. The lowest BCUT2D eigenvalue weighted by atomic mass is 9.62. The Morgan fingerprint density at radius 2 is 1.42 bits per heavy atom. The molecule has 2 aromatic carbocycles. The third-order valence-corrected chi connectivity index (χ3v) is 8.15. The van der Waals surface area contributed by atoms with Gasteiger partial charge in [-0.15, -0.1) is 0 Å². The number of carbonyl (C=O) groups is 1. The van der Waals surface area contributed by atoms with Crippen LogP contribution in [0.15, 0.2) is 48.7 Å². The third kappa shape index (κ3) is 4.09. The van der Waals surface area contributed by atoms with Crippen LogP contribution in [0, 0.1) is 12.3 Å². The van der Waals surface area contributed by atoms with Gasteiger partial charge in [0.25, 0.3) is 0 Å². The van der Waals surface area contributed by atoms with Gasteiger partial charge < -0.3 is 5.11 Å².